The van der Waals surface area contributed by atoms with Crippen LogP contribution in [0, 0.1) is 5.82 Å². The number of carbonyl (C=O) groups is 1. The molecule has 1 atom stereocenters. The molecule has 0 radical (unpaired) electrons. The normalized spacial score (nSPS) is 19.5. The van der Waals surface area contributed by atoms with Gasteiger partial charge in [0.2, 0.25) is 0 Å². The standard InChI is InChI=1S/C19H14FN3O4.CH4S/c1-19(26)11-4-15-16-9(2-8-3-13(21)12(20)5-14(8)22-16)6-23(15)17(24)10(11)7-27-18(19)25;1-2/h2-5,26H,6-7,21H2,1H3;2H,1H3/t19-;/m0./s1/i2T;. The van der Waals surface area contributed by atoms with Gasteiger partial charge in [-0.25, -0.2) is 14.2 Å². The second kappa shape index (κ2) is 6.57. The second-order valence-electron chi connectivity index (χ2n) is 6.92. The lowest BCUT2D eigenvalue weighted by Crippen LogP contribution is -2.42. The first kappa shape index (κ1) is 18.1. The quantitative estimate of drug-likeness (QED) is 0.229. The fourth-order valence-corrected chi connectivity index (χ4v) is 3.67. The number of hydrogen-bond donors (Lipinski definition) is 3. The van der Waals surface area contributed by atoms with Crippen molar-refractivity contribution in [3.05, 3.63) is 57.1 Å². The first-order valence-electron chi connectivity index (χ1n) is 9.20. The van der Waals surface area contributed by atoms with Crippen LogP contribution in [0.25, 0.3) is 22.3 Å². The summed E-state index contributed by atoms with van der Waals surface area (Å²) >= 11 is 3.53. The smallest absolute Gasteiger partial charge is 0.342 e. The molecule has 0 amide bonds. The molecule has 9 heteroatoms. The van der Waals surface area contributed by atoms with Crippen molar-refractivity contribution in [3.63, 3.8) is 0 Å². The fourth-order valence-electron chi connectivity index (χ4n) is 3.67. The maximum atomic E-state index is 13.9. The number of anilines is 1. The maximum Gasteiger partial charge on any atom is 0.342 e. The molecule has 3 N–H and O–H groups in total. The Morgan fingerprint density at radius 1 is 1.38 bits per heavy atom. The van der Waals surface area contributed by atoms with E-state index in [4.69, 9.17) is 11.8 Å². The minimum Gasteiger partial charge on any atom is -0.458 e. The second-order valence-corrected chi connectivity index (χ2v) is 6.92. The summed E-state index contributed by atoms with van der Waals surface area (Å²) in [5.74, 6) is -1.49. The van der Waals surface area contributed by atoms with Crippen LogP contribution in [-0.2, 0) is 28.3 Å². The lowest BCUT2D eigenvalue weighted by Gasteiger charge is -2.29. The Morgan fingerprint density at radius 3 is 2.83 bits per heavy atom. The van der Waals surface area contributed by atoms with Crippen molar-refractivity contribution in [2.24, 2.45) is 0 Å². The summed E-state index contributed by atoms with van der Waals surface area (Å²) in [5.41, 5.74) is 4.92. The molecule has 4 heterocycles. The van der Waals surface area contributed by atoms with Crippen LogP contribution in [0.4, 0.5) is 10.1 Å². The SMILES string of the molecule is CS.[3H]c1c2c(nc3cc(F)c(N)cc13)-c1cc3c(c(=O)n1C2)COC(=O)[C@@]3(C)O. The molecule has 2 aliphatic rings. The molecule has 0 bridgehead atoms. The number of cyclic esters (lactones) is 1. The Kier molecular flexibility index (Phi) is 4.11. The molecule has 7 nitrogen and oxygen atoms in total. The van der Waals surface area contributed by atoms with Gasteiger partial charge in [0.25, 0.3) is 5.56 Å². The summed E-state index contributed by atoms with van der Waals surface area (Å²) in [7, 11) is 0. The molecule has 0 aliphatic carbocycles. The van der Waals surface area contributed by atoms with Crippen LogP contribution in [0.15, 0.2) is 29.0 Å². The van der Waals surface area contributed by atoms with Crippen LogP contribution < -0.4 is 11.3 Å². The molecule has 2 aliphatic heterocycles. The van der Waals surface area contributed by atoms with Crippen LogP contribution in [0.1, 0.15) is 25.0 Å². The average molecular weight is 417 g/mol. The monoisotopic (exact) mass is 417 g/mol. The van der Waals surface area contributed by atoms with Crippen molar-refractivity contribution in [3.8, 4) is 11.4 Å². The lowest BCUT2D eigenvalue weighted by molar-refractivity contribution is -0.169. The first-order chi connectivity index (χ1) is 14.2. The zero-order valence-electron chi connectivity index (χ0n) is 16.6. The van der Waals surface area contributed by atoms with E-state index in [0.29, 0.717) is 22.3 Å². The predicted octanol–water partition coefficient (Wildman–Crippen LogP) is 1.96. The molecule has 150 valence electrons. The summed E-state index contributed by atoms with van der Waals surface area (Å²) in [5, 5.41) is 10.9. The fraction of sp³-hybridized carbons (Fsp3) is 0.250. The highest BCUT2D eigenvalue weighted by Gasteiger charge is 2.42. The number of benzene rings is 1. The van der Waals surface area contributed by atoms with E-state index in [0.717, 1.165) is 6.07 Å². The molecule has 3 aromatic rings. The molecule has 2 aromatic heterocycles. The molecule has 0 saturated carbocycles. The Hall–Kier alpha value is -2.91. The topological polar surface area (TPSA) is 107 Å². The largest absolute Gasteiger partial charge is 0.458 e. The number of esters is 1. The molecule has 0 saturated heterocycles. The number of aliphatic hydroxyl groups is 1. The Balaban J connectivity index is 0.00000106. The number of carbonyl (C=O) groups excluding carboxylic acids is 1. The number of pyridine rings is 2. The van der Waals surface area contributed by atoms with Crippen molar-refractivity contribution in [1.29, 1.82) is 0 Å². The van der Waals surface area contributed by atoms with Crippen molar-refractivity contribution < 1.29 is 20.4 Å². The Bertz CT molecular complexity index is 1310. The Labute approximate surface area is 171 Å². The molecule has 1 aromatic carbocycles. The number of ether oxygens (including phenoxy) is 1. The van der Waals surface area contributed by atoms with Gasteiger partial charge in [0.05, 0.1) is 36.1 Å². The minimum atomic E-state index is -1.97. The third-order valence-corrected chi connectivity index (χ3v) is 5.15. The molecular formula is C20H18FN3O4S. The van der Waals surface area contributed by atoms with E-state index in [9.17, 15) is 19.1 Å². The highest BCUT2D eigenvalue weighted by Crippen LogP contribution is 2.37. The highest BCUT2D eigenvalue weighted by atomic mass is 32.1. The zero-order valence-corrected chi connectivity index (χ0v) is 16.5. The number of thiol groups is 1. The van der Waals surface area contributed by atoms with Crippen LogP contribution in [0.5, 0.6) is 0 Å². The van der Waals surface area contributed by atoms with Gasteiger partial charge in [-0.2, -0.15) is 12.6 Å². The van der Waals surface area contributed by atoms with Crippen LogP contribution in [0.2, 0.25) is 0 Å². The summed E-state index contributed by atoms with van der Waals surface area (Å²) in [4.78, 5) is 29.4. The van der Waals surface area contributed by atoms with Gasteiger partial charge >= 0.3 is 5.97 Å². The van der Waals surface area contributed by atoms with Gasteiger partial charge in [0, 0.05) is 22.6 Å². The minimum absolute atomic E-state index is 0.0856. The van der Waals surface area contributed by atoms with Crippen molar-refractivity contribution in [2.45, 2.75) is 25.7 Å². The third kappa shape index (κ3) is 2.72. The summed E-state index contributed by atoms with van der Waals surface area (Å²) in [6.07, 6.45) is 1.69. The number of hydrogen-bond acceptors (Lipinski definition) is 7. The summed E-state index contributed by atoms with van der Waals surface area (Å²) < 4.78 is 28.7. The molecule has 29 heavy (non-hydrogen) atoms. The van der Waals surface area contributed by atoms with Crippen LogP contribution >= 0.6 is 12.6 Å². The number of aromatic nitrogens is 2. The Morgan fingerprint density at radius 2 is 2.10 bits per heavy atom. The van der Waals surface area contributed by atoms with Gasteiger partial charge in [-0.3, -0.25) is 4.79 Å². The third-order valence-electron chi connectivity index (χ3n) is 5.15. The summed E-state index contributed by atoms with van der Waals surface area (Å²) in [6.45, 7) is 1.14. The molecule has 0 fully saturated rings. The number of halogens is 1. The number of rotatable bonds is 0. The molecule has 5 rings (SSSR count). The van der Waals surface area contributed by atoms with E-state index in [1.807, 2.05) is 0 Å². The van der Waals surface area contributed by atoms with E-state index in [2.05, 4.69) is 17.6 Å². The van der Waals surface area contributed by atoms with E-state index < -0.39 is 22.9 Å². The number of fused-ring (bicyclic) bond motifs is 5. The van der Waals surface area contributed by atoms with E-state index in [1.165, 1.54) is 23.6 Å². The van der Waals surface area contributed by atoms with E-state index >= 15 is 0 Å². The van der Waals surface area contributed by atoms with Crippen molar-refractivity contribution in [1.82, 2.24) is 9.55 Å². The van der Waals surface area contributed by atoms with Gasteiger partial charge in [-0.05, 0) is 31.4 Å². The van der Waals surface area contributed by atoms with Gasteiger partial charge < -0.3 is 20.1 Å². The molecular weight excluding hydrogens is 397 g/mol. The van der Waals surface area contributed by atoms with Gasteiger partial charge in [0.1, 0.15) is 12.4 Å². The van der Waals surface area contributed by atoms with Crippen molar-refractivity contribution in [2.75, 3.05) is 12.0 Å². The number of nitrogens with two attached hydrogens (primary N) is 1. The highest BCUT2D eigenvalue weighted by molar-refractivity contribution is 7.79. The predicted molar refractivity (Wildman–Crippen MR) is 109 cm³/mol. The summed E-state index contributed by atoms with van der Waals surface area (Å²) in [6, 6.07) is 4.13. The lowest BCUT2D eigenvalue weighted by atomic mass is 9.90. The zero-order chi connectivity index (χ0) is 22.0. The van der Waals surface area contributed by atoms with E-state index in [-0.39, 0.29) is 41.5 Å². The maximum absolute atomic E-state index is 13.9. The molecule has 0 unspecified atom stereocenters. The van der Waals surface area contributed by atoms with Crippen molar-refractivity contribution >= 4 is 35.2 Å². The number of nitrogens with zero attached hydrogens (tertiary/aromatic N) is 2. The molecule has 0 spiro atoms. The van der Waals surface area contributed by atoms with Gasteiger partial charge in [0.15, 0.2) is 5.60 Å². The average Bonchev–Trinajstić information content (AvgIpc) is 3.08. The van der Waals surface area contributed by atoms with E-state index in [1.54, 1.807) is 6.26 Å². The number of nitrogen functional groups attached to an aromatic ring is 1. The van der Waals surface area contributed by atoms with Crippen LogP contribution in [0.3, 0.4) is 0 Å². The van der Waals surface area contributed by atoms with Crippen LogP contribution in [-0.4, -0.2) is 26.9 Å². The first-order valence-corrected chi connectivity index (χ1v) is 9.59. The van der Waals surface area contributed by atoms with Gasteiger partial charge in [-0.1, -0.05) is 0 Å². The van der Waals surface area contributed by atoms with Gasteiger partial charge in [-0.15, -0.1) is 0 Å².